The van der Waals surface area contributed by atoms with E-state index in [0.29, 0.717) is 0 Å². The molecule has 1 amide bonds. The quantitative estimate of drug-likeness (QED) is 0.483. The number of unbranched alkanes of at least 4 members (excludes halogenated alkanes) is 2. The summed E-state index contributed by atoms with van der Waals surface area (Å²) in [5.74, 6) is 0.170. The van der Waals surface area contributed by atoms with Crippen LogP contribution in [0.4, 0.5) is 0 Å². The summed E-state index contributed by atoms with van der Waals surface area (Å²) >= 11 is 0. The Kier molecular flexibility index (Phi) is 5.70. The number of carbonyl (C=O) groups excluding carboxylic acids is 1. The van der Waals surface area contributed by atoms with Crippen LogP contribution in [0.1, 0.15) is 49.9 Å². The van der Waals surface area contributed by atoms with E-state index in [1.54, 1.807) is 0 Å². The minimum Gasteiger partial charge on any atom is -0.339 e. The minimum absolute atomic E-state index is 0.170. The van der Waals surface area contributed by atoms with Crippen molar-refractivity contribution in [3.8, 4) is 0 Å². The van der Waals surface area contributed by atoms with E-state index in [1.807, 2.05) is 17.0 Å². The van der Waals surface area contributed by atoms with Crippen molar-refractivity contribution in [2.75, 3.05) is 13.1 Å². The van der Waals surface area contributed by atoms with E-state index >= 15 is 0 Å². The lowest BCUT2D eigenvalue weighted by atomic mass is 9.96. The molecule has 0 aliphatic rings. The van der Waals surface area contributed by atoms with Crippen LogP contribution in [-0.2, 0) is 0 Å². The second-order valence-corrected chi connectivity index (χ2v) is 6.69. The molecular formula is C23H27NO. The number of rotatable bonds is 7. The molecular weight excluding hydrogens is 306 g/mol. The van der Waals surface area contributed by atoms with Crippen LogP contribution in [0.15, 0.2) is 54.6 Å². The van der Waals surface area contributed by atoms with Gasteiger partial charge < -0.3 is 4.90 Å². The van der Waals surface area contributed by atoms with Gasteiger partial charge in [0.05, 0.1) is 0 Å². The summed E-state index contributed by atoms with van der Waals surface area (Å²) in [5.41, 5.74) is 0.835. The standard InChI is InChI=1S/C23H27NO/c1-3-5-15-24(16-6-4-2)23(25)22-17-18-11-7-8-12-19(18)20-13-9-10-14-21(20)22/h7-14,17H,3-6,15-16H2,1-2H3. The Morgan fingerprint density at radius 1 is 0.800 bits per heavy atom. The van der Waals surface area contributed by atoms with Gasteiger partial charge in [-0.2, -0.15) is 0 Å². The number of hydrogen-bond acceptors (Lipinski definition) is 1. The van der Waals surface area contributed by atoms with Gasteiger partial charge in [0.25, 0.3) is 5.91 Å². The molecule has 3 aromatic rings. The van der Waals surface area contributed by atoms with Gasteiger partial charge in [-0.05, 0) is 40.5 Å². The monoisotopic (exact) mass is 333 g/mol. The van der Waals surface area contributed by atoms with Crippen molar-refractivity contribution in [2.45, 2.75) is 39.5 Å². The van der Waals surface area contributed by atoms with Crippen molar-refractivity contribution < 1.29 is 4.79 Å². The second kappa shape index (κ2) is 8.15. The Bertz CT molecular complexity index is 860. The Morgan fingerprint density at radius 3 is 2.00 bits per heavy atom. The van der Waals surface area contributed by atoms with Crippen LogP contribution in [0.2, 0.25) is 0 Å². The first-order chi connectivity index (χ1) is 12.3. The highest BCUT2D eigenvalue weighted by molar-refractivity contribution is 6.17. The first-order valence-electron chi connectivity index (χ1n) is 9.46. The van der Waals surface area contributed by atoms with Crippen LogP contribution in [0, 0.1) is 0 Å². The van der Waals surface area contributed by atoms with Gasteiger partial charge in [-0.3, -0.25) is 4.79 Å². The number of hydrogen-bond donors (Lipinski definition) is 0. The van der Waals surface area contributed by atoms with E-state index in [4.69, 9.17) is 0 Å². The molecule has 3 rings (SSSR count). The topological polar surface area (TPSA) is 20.3 Å². The molecule has 0 aliphatic carbocycles. The molecule has 25 heavy (non-hydrogen) atoms. The number of amides is 1. The van der Waals surface area contributed by atoms with E-state index in [-0.39, 0.29) is 5.91 Å². The molecule has 0 spiro atoms. The SMILES string of the molecule is CCCCN(CCCC)C(=O)c1cc2ccccc2c2ccccc12. The van der Waals surface area contributed by atoms with Crippen molar-refractivity contribution in [3.63, 3.8) is 0 Å². The zero-order valence-electron chi connectivity index (χ0n) is 15.3. The lowest BCUT2D eigenvalue weighted by Gasteiger charge is -2.23. The van der Waals surface area contributed by atoms with Crippen molar-refractivity contribution in [1.29, 1.82) is 0 Å². The van der Waals surface area contributed by atoms with Crippen LogP contribution >= 0.6 is 0 Å². The van der Waals surface area contributed by atoms with E-state index in [0.717, 1.165) is 60.5 Å². The summed E-state index contributed by atoms with van der Waals surface area (Å²) in [5, 5.41) is 4.57. The zero-order valence-corrected chi connectivity index (χ0v) is 15.3. The lowest BCUT2D eigenvalue weighted by molar-refractivity contribution is 0.0753. The fraction of sp³-hybridized carbons (Fsp3) is 0.348. The maximum atomic E-state index is 13.3. The summed E-state index contributed by atoms with van der Waals surface area (Å²) in [6, 6.07) is 18.7. The van der Waals surface area contributed by atoms with Gasteiger partial charge in [-0.1, -0.05) is 75.2 Å². The average Bonchev–Trinajstić information content (AvgIpc) is 2.67. The number of fused-ring (bicyclic) bond motifs is 3. The average molecular weight is 333 g/mol. The van der Waals surface area contributed by atoms with E-state index in [1.165, 1.54) is 5.39 Å². The highest BCUT2D eigenvalue weighted by Crippen LogP contribution is 2.29. The van der Waals surface area contributed by atoms with Crippen LogP contribution in [0.5, 0.6) is 0 Å². The zero-order chi connectivity index (χ0) is 17.6. The highest BCUT2D eigenvalue weighted by Gasteiger charge is 2.18. The molecule has 0 aliphatic heterocycles. The first kappa shape index (κ1) is 17.5. The molecule has 2 nitrogen and oxygen atoms in total. The summed E-state index contributed by atoms with van der Waals surface area (Å²) in [7, 11) is 0. The second-order valence-electron chi connectivity index (χ2n) is 6.69. The summed E-state index contributed by atoms with van der Waals surface area (Å²) in [6.45, 7) is 6.04. The van der Waals surface area contributed by atoms with E-state index in [2.05, 4.69) is 56.3 Å². The van der Waals surface area contributed by atoms with Gasteiger partial charge in [-0.25, -0.2) is 0 Å². The number of nitrogens with zero attached hydrogens (tertiary/aromatic N) is 1. The van der Waals surface area contributed by atoms with Gasteiger partial charge in [0.15, 0.2) is 0 Å². The molecule has 2 heteroatoms. The van der Waals surface area contributed by atoms with Crippen molar-refractivity contribution >= 4 is 27.5 Å². The Balaban J connectivity index is 2.09. The Labute approximate surface area is 150 Å². The molecule has 0 unspecified atom stereocenters. The summed E-state index contributed by atoms with van der Waals surface area (Å²) in [4.78, 5) is 15.4. The molecule has 0 saturated heterocycles. The van der Waals surface area contributed by atoms with Crippen LogP contribution in [0.3, 0.4) is 0 Å². The van der Waals surface area contributed by atoms with Crippen molar-refractivity contribution in [2.24, 2.45) is 0 Å². The van der Waals surface area contributed by atoms with Crippen LogP contribution in [-0.4, -0.2) is 23.9 Å². The fourth-order valence-corrected chi connectivity index (χ4v) is 3.41. The van der Waals surface area contributed by atoms with Crippen LogP contribution in [0.25, 0.3) is 21.5 Å². The van der Waals surface area contributed by atoms with Gasteiger partial charge in [0.2, 0.25) is 0 Å². The van der Waals surface area contributed by atoms with Gasteiger partial charge in [0.1, 0.15) is 0 Å². The predicted octanol–water partition coefficient (Wildman–Crippen LogP) is 6.04. The minimum atomic E-state index is 0.170. The molecule has 130 valence electrons. The molecule has 0 fully saturated rings. The lowest BCUT2D eigenvalue weighted by Crippen LogP contribution is -2.33. The van der Waals surface area contributed by atoms with E-state index < -0.39 is 0 Å². The molecule has 3 aromatic carbocycles. The number of carbonyl (C=O) groups is 1. The molecule has 0 radical (unpaired) electrons. The van der Waals surface area contributed by atoms with Crippen LogP contribution < -0.4 is 0 Å². The predicted molar refractivity (Wildman–Crippen MR) is 107 cm³/mol. The molecule has 0 atom stereocenters. The van der Waals surface area contributed by atoms with Gasteiger partial charge >= 0.3 is 0 Å². The smallest absolute Gasteiger partial charge is 0.254 e. The summed E-state index contributed by atoms with van der Waals surface area (Å²) in [6.07, 6.45) is 4.32. The van der Waals surface area contributed by atoms with E-state index in [9.17, 15) is 4.79 Å². The molecule has 0 saturated carbocycles. The normalized spacial score (nSPS) is 11.1. The maximum absolute atomic E-state index is 13.3. The number of benzene rings is 3. The largest absolute Gasteiger partial charge is 0.339 e. The van der Waals surface area contributed by atoms with Gasteiger partial charge in [0, 0.05) is 18.7 Å². The Morgan fingerprint density at radius 2 is 1.36 bits per heavy atom. The van der Waals surface area contributed by atoms with Crippen molar-refractivity contribution in [1.82, 2.24) is 4.90 Å². The molecule has 0 aromatic heterocycles. The third-order valence-corrected chi connectivity index (χ3v) is 4.85. The van der Waals surface area contributed by atoms with Crippen molar-refractivity contribution in [3.05, 3.63) is 60.2 Å². The first-order valence-corrected chi connectivity index (χ1v) is 9.46. The fourth-order valence-electron chi connectivity index (χ4n) is 3.41. The molecule has 0 bridgehead atoms. The third-order valence-electron chi connectivity index (χ3n) is 4.85. The maximum Gasteiger partial charge on any atom is 0.254 e. The summed E-state index contributed by atoms with van der Waals surface area (Å²) < 4.78 is 0. The molecule has 0 N–H and O–H groups in total. The third kappa shape index (κ3) is 3.68. The highest BCUT2D eigenvalue weighted by atomic mass is 16.2. The van der Waals surface area contributed by atoms with Gasteiger partial charge in [-0.15, -0.1) is 0 Å². The Hall–Kier alpha value is -2.35. The molecule has 0 heterocycles.